The number of carboxylic acid groups (broad SMARTS) is 1. The Bertz CT molecular complexity index is 1620. The Morgan fingerprint density at radius 3 is 2.51 bits per heavy atom. The van der Waals surface area contributed by atoms with E-state index in [1.165, 1.54) is 19.3 Å². The molecule has 3 atom stereocenters. The topological polar surface area (TPSA) is 270 Å². The highest BCUT2D eigenvalue weighted by atomic mass is 32.3. The number of β-lactam (4-membered cyclic amide) rings is 1. The summed E-state index contributed by atoms with van der Waals surface area (Å²) in [5, 5.41) is 17.0. The minimum atomic E-state index is -5.02. The van der Waals surface area contributed by atoms with Crippen LogP contribution in [0.1, 0.15) is 27.2 Å². The van der Waals surface area contributed by atoms with Crippen molar-refractivity contribution < 1.29 is 56.6 Å². The van der Waals surface area contributed by atoms with Gasteiger partial charge in [-0.1, -0.05) is 5.16 Å². The molecule has 1 aliphatic heterocycles. The monoisotopic (exact) mass is 700 g/mol. The molecule has 18 nitrogen and oxygen atoms in total. The molecule has 10 N–H and O–H groups in total. The first kappa shape index (κ1) is 37.2. The Balaban J connectivity index is 1.74. The van der Waals surface area contributed by atoms with Crippen molar-refractivity contribution in [3.05, 3.63) is 47.9 Å². The molecule has 20 heteroatoms. The number of oxime groups is 1. The van der Waals surface area contributed by atoms with Crippen LogP contribution in [0.4, 0.5) is 0 Å². The number of imidazole rings is 1. The third-order valence-electron chi connectivity index (χ3n) is 6.77. The number of hydroxylamine groups is 2. The lowest BCUT2D eigenvalue weighted by Crippen LogP contribution is -2.77. The molecular weight excluding hydrogens is 660 g/mol. The fourth-order valence-electron chi connectivity index (χ4n) is 4.30. The average Bonchev–Trinajstić information content (AvgIpc) is 3.37. The van der Waals surface area contributed by atoms with Gasteiger partial charge in [0.1, 0.15) is 24.6 Å². The first-order valence-corrected chi connectivity index (χ1v) is 16.5. The Morgan fingerprint density at radius 2 is 1.96 bits per heavy atom. The number of carboxylic acids is 1. The number of carbonyl (C=O) groups is 3. The highest BCUT2D eigenvalue weighted by Gasteiger charge is 2.58. The Morgan fingerprint density at radius 1 is 1.30 bits per heavy atom. The van der Waals surface area contributed by atoms with Crippen molar-refractivity contribution in [2.45, 2.75) is 56.8 Å². The maximum Gasteiger partial charge on any atom is 0.418 e. The van der Waals surface area contributed by atoms with Crippen LogP contribution in [0, 0.1) is 0 Å². The standard InChI is InChI=1S/C27H38N8O10S2/c1-16(29)46-14-19(30)22(24(36)31-23-25(37)35(27(23,2)3)45-47(40,41)42)32-44-21(26(38)39)13-43-18-8-6-17(7-9-18)20-12-34(11-5-10-28)15-33(20)4/h6-9,12,14-16,21,23H,5,10-11,13,28-30H2,1-4H3,(H2-,31,36,38,39,40,41,42)/p+2/b19-14-,32-22-/t16?,21-,23?/m0/s1. The van der Waals surface area contributed by atoms with E-state index >= 15 is 0 Å². The maximum atomic E-state index is 13.2. The number of thioether (sulfide) groups is 1. The molecule has 258 valence electrons. The molecular formula is C27H40N8O10S2+2. The van der Waals surface area contributed by atoms with Crippen molar-refractivity contribution in [1.29, 1.82) is 0 Å². The fraction of sp³-hybridized carbons (Fsp3) is 0.444. The first-order valence-electron chi connectivity index (χ1n) is 14.2. The number of amides is 2. The number of hydrogen-bond donors (Lipinski definition) is 6. The summed E-state index contributed by atoms with van der Waals surface area (Å²) < 4.78 is 45.1. The van der Waals surface area contributed by atoms with Gasteiger partial charge in [0.25, 0.3) is 17.9 Å². The number of nitrogens with one attached hydrogen (secondary N) is 1. The molecule has 2 heterocycles. The van der Waals surface area contributed by atoms with Gasteiger partial charge < -0.3 is 37.2 Å². The number of nitrogens with two attached hydrogens (primary N) is 2. The molecule has 0 saturated carbocycles. The molecule has 2 amide bonds. The quantitative estimate of drug-likeness (QED) is 0.0274. The predicted molar refractivity (Wildman–Crippen MR) is 168 cm³/mol. The van der Waals surface area contributed by atoms with E-state index in [0.29, 0.717) is 10.8 Å². The highest BCUT2D eigenvalue weighted by Crippen LogP contribution is 2.33. The Kier molecular flexibility index (Phi) is 12.4. The first-order chi connectivity index (χ1) is 21.9. The SMILES string of the molecule is CC(N)S/C=C(N)/C(=N/O[C@@H](COc1ccc(-c2c[n+](CCC[NH3+])cn2C)cc1)C(=O)O)C(=O)NC1C(=O)N(OS(=O)(=O)O)C1(C)C. The highest BCUT2D eigenvalue weighted by molar-refractivity contribution is 8.02. The molecule has 1 fully saturated rings. The van der Waals surface area contributed by atoms with Crippen molar-refractivity contribution in [3.63, 3.8) is 0 Å². The number of aryl methyl sites for hydroxylation is 2. The van der Waals surface area contributed by atoms with Crippen LogP contribution < -0.4 is 31.8 Å². The third kappa shape index (κ3) is 9.89. The minimum Gasteiger partial charge on any atom is -0.489 e. The summed E-state index contributed by atoms with van der Waals surface area (Å²) in [5.74, 6) is -3.17. The summed E-state index contributed by atoms with van der Waals surface area (Å²) in [6.07, 6.45) is 3.26. The summed E-state index contributed by atoms with van der Waals surface area (Å²) in [6, 6.07) is 5.64. The van der Waals surface area contributed by atoms with E-state index < -0.39 is 63.6 Å². The number of carbonyl (C=O) groups excluding carboxylic acids is 2. The molecule has 1 aromatic carbocycles. The predicted octanol–water partition coefficient (Wildman–Crippen LogP) is -1.51. The van der Waals surface area contributed by atoms with Crippen LogP contribution in [-0.4, -0.2) is 87.4 Å². The molecule has 3 rings (SSSR count). The smallest absolute Gasteiger partial charge is 0.418 e. The molecule has 2 aromatic rings. The molecule has 47 heavy (non-hydrogen) atoms. The zero-order valence-electron chi connectivity index (χ0n) is 26.2. The number of aliphatic carboxylic acids is 1. The van der Waals surface area contributed by atoms with Gasteiger partial charge in [-0.05, 0) is 50.4 Å². The molecule has 1 aliphatic rings. The molecule has 0 bridgehead atoms. The Labute approximate surface area is 275 Å². The molecule has 1 aromatic heterocycles. The zero-order chi connectivity index (χ0) is 35.1. The van der Waals surface area contributed by atoms with E-state index in [9.17, 15) is 27.9 Å². The molecule has 0 aliphatic carbocycles. The number of hydrogen-bond acceptors (Lipinski definition) is 12. The second-order valence-electron chi connectivity index (χ2n) is 11.0. The van der Waals surface area contributed by atoms with Crippen molar-refractivity contribution in [3.8, 4) is 17.0 Å². The lowest BCUT2D eigenvalue weighted by Gasteiger charge is -2.50. The van der Waals surface area contributed by atoms with Gasteiger partial charge in [0.15, 0.2) is 11.4 Å². The number of quaternary nitrogens is 1. The van der Waals surface area contributed by atoms with Crippen molar-refractivity contribution in [2.75, 3.05) is 13.2 Å². The van der Waals surface area contributed by atoms with Gasteiger partial charge in [-0.3, -0.25) is 14.1 Å². The van der Waals surface area contributed by atoms with Gasteiger partial charge in [0, 0.05) is 12.0 Å². The largest absolute Gasteiger partial charge is 0.489 e. The fourth-order valence-corrected chi connectivity index (χ4v) is 5.23. The normalized spacial score (nSPS) is 17.9. The zero-order valence-corrected chi connectivity index (χ0v) is 27.9. The van der Waals surface area contributed by atoms with Crippen LogP contribution in [0.5, 0.6) is 5.75 Å². The maximum absolute atomic E-state index is 13.2. The molecule has 2 unspecified atom stereocenters. The van der Waals surface area contributed by atoms with E-state index in [4.69, 9.17) is 25.6 Å². The van der Waals surface area contributed by atoms with Crippen LogP contribution in [-0.2, 0) is 47.5 Å². The Hall–Kier alpha value is -4.21. The van der Waals surface area contributed by atoms with Gasteiger partial charge in [-0.25, -0.2) is 13.9 Å². The van der Waals surface area contributed by atoms with Crippen LogP contribution in [0.3, 0.4) is 0 Å². The summed E-state index contributed by atoms with van der Waals surface area (Å²) in [7, 11) is -3.09. The second-order valence-corrected chi connectivity index (χ2v) is 13.3. The van der Waals surface area contributed by atoms with Gasteiger partial charge in [-0.2, -0.15) is 13.5 Å². The summed E-state index contributed by atoms with van der Waals surface area (Å²) in [5.41, 5.74) is 15.2. The number of benzene rings is 1. The number of aromatic nitrogens is 2. The van der Waals surface area contributed by atoms with Crippen molar-refractivity contribution in [1.82, 2.24) is 14.9 Å². The summed E-state index contributed by atoms with van der Waals surface area (Å²) in [4.78, 5) is 42.9. The van der Waals surface area contributed by atoms with E-state index in [1.807, 2.05) is 36.3 Å². The van der Waals surface area contributed by atoms with Gasteiger partial charge in [0.05, 0.1) is 36.7 Å². The lowest BCUT2D eigenvalue weighted by molar-refractivity contribution is -0.698. The van der Waals surface area contributed by atoms with E-state index in [1.54, 1.807) is 19.1 Å². The number of ether oxygens (including phenoxy) is 1. The summed E-state index contributed by atoms with van der Waals surface area (Å²) >= 11 is 1.02. The van der Waals surface area contributed by atoms with Crippen LogP contribution in [0.2, 0.25) is 0 Å². The third-order valence-corrected chi connectivity index (χ3v) is 7.93. The van der Waals surface area contributed by atoms with Crippen molar-refractivity contribution >= 4 is 45.7 Å². The number of rotatable bonds is 17. The molecule has 0 radical (unpaired) electrons. The van der Waals surface area contributed by atoms with Gasteiger partial charge in [-0.15, -0.1) is 16.0 Å². The average molecular weight is 701 g/mol. The molecule has 1 saturated heterocycles. The minimum absolute atomic E-state index is 0.269. The molecule has 0 spiro atoms. The second kappa shape index (κ2) is 15.6. The van der Waals surface area contributed by atoms with Gasteiger partial charge in [0.2, 0.25) is 6.33 Å². The van der Waals surface area contributed by atoms with E-state index in [-0.39, 0.29) is 5.70 Å². The van der Waals surface area contributed by atoms with Crippen molar-refractivity contribution in [2.24, 2.45) is 23.7 Å². The summed E-state index contributed by atoms with van der Waals surface area (Å²) in [6.45, 7) is 5.53. The lowest BCUT2D eigenvalue weighted by atomic mass is 9.84. The van der Waals surface area contributed by atoms with Crippen LogP contribution in [0.25, 0.3) is 11.3 Å². The van der Waals surface area contributed by atoms with E-state index in [0.717, 1.165) is 42.5 Å². The van der Waals surface area contributed by atoms with Gasteiger partial charge >= 0.3 is 16.4 Å². The van der Waals surface area contributed by atoms with E-state index in [2.05, 4.69) is 25.1 Å². The van der Waals surface area contributed by atoms with Crippen LogP contribution in [0.15, 0.2) is 53.1 Å². The van der Waals surface area contributed by atoms with Crippen LogP contribution >= 0.6 is 11.8 Å². The number of nitrogens with zero attached hydrogens (tertiary/aromatic N) is 4.